The van der Waals surface area contributed by atoms with Gasteiger partial charge in [0.25, 0.3) is 0 Å². The van der Waals surface area contributed by atoms with Gasteiger partial charge in [-0.1, -0.05) is 28.1 Å². The number of hydrogen-bond acceptors (Lipinski definition) is 2. The maximum absolute atomic E-state index is 12.8. The lowest BCUT2D eigenvalue weighted by atomic mass is 9.91. The number of piperidine rings is 1. The average molecular weight is 349 g/mol. The molecular weight excluding hydrogens is 318 g/mol. The summed E-state index contributed by atoms with van der Waals surface area (Å²) in [6.45, 7) is -2.37. The van der Waals surface area contributed by atoms with E-state index in [0.717, 1.165) is 0 Å². The Kier molecular flexibility index (Phi) is 2.25. The minimum atomic E-state index is -3.46. The predicted octanol–water partition coefficient (Wildman–Crippen LogP) is 4.56. The van der Waals surface area contributed by atoms with Crippen molar-refractivity contribution in [1.29, 1.82) is 0 Å². The smallest absolute Gasteiger partial charge is 0.410 e. The summed E-state index contributed by atoms with van der Waals surface area (Å²) in [5, 5.41) is 0. The van der Waals surface area contributed by atoms with Gasteiger partial charge in [-0.2, -0.15) is 0 Å². The predicted molar refractivity (Wildman–Crippen MR) is 83.9 cm³/mol. The average Bonchev–Trinajstić information content (AvgIpc) is 2.50. The monoisotopic (exact) mass is 348 g/mol. The number of benzene rings is 1. The quantitative estimate of drug-likeness (QED) is 0.744. The molecule has 0 spiro atoms. The zero-order chi connectivity index (χ0) is 22.8. The van der Waals surface area contributed by atoms with E-state index < -0.39 is 43.3 Å². The minimum absolute atomic E-state index is 0.123. The molecule has 1 aliphatic rings. The van der Waals surface area contributed by atoms with Crippen LogP contribution in [0.4, 0.5) is 4.79 Å². The topological polar surface area (TPSA) is 29.5 Å². The van der Waals surface area contributed by atoms with E-state index in [1.54, 1.807) is 0 Å². The number of carbonyl (C=O) groups excluding carboxylic acids is 1. The minimum Gasteiger partial charge on any atom is -0.444 e. The molecule has 0 aromatic heterocycles. The normalized spacial score (nSPS) is 40.2. The molecule has 0 aliphatic carbocycles. The highest BCUT2D eigenvalue weighted by Crippen LogP contribution is 2.28. The molecule has 0 bridgehead atoms. The Morgan fingerprint density at radius 2 is 2.10 bits per heavy atom. The number of nitrogens with zero attached hydrogens (tertiary/aromatic N) is 1. The summed E-state index contributed by atoms with van der Waals surface area (Å²) < 4.78 is 80.8. The summed E-state index contributed by atoms with van der Waals surface area (Å²) in [5.74, 6) is -3.02. The molecule has 1 unspecified atom stereocenters. The molecule has 2 rings (SSSR count). The Morgan fingerprint density at radius 1 is 1.45 bits per heavy atom. The number of hydrogen-bond donors (Lipinski definition) is 0. The van der Waals surface area contributed by atoms with Gasteiger partial charge >= 0.3 is 6.09 Å². The molecule has 0 saturated carbocycles. The zero-order valence-corrected chi connectivity index (χ0v) is 13.0. The summed E-state index contributed by atoms with van der Waals surface area (Å²) in [7, 11) is 0. The SMILES string of the molecule is [2H]C1([2H])N(C(=O)OC(C)(C)C)C([2H])([2H])C([2H])(c2ccc(Br)cc2)C([2H])([2H])C1([2H])[2H]. The van der Waals surface area contributed by atoms with E-state index >= 15 is 0 Å². The maximum Gasteiger partial charge on any atom is 0.410 e. The van der Waals surface area contributed by atoms with Crippen molar-refractivity contribution in [2.45, 2.75) is 45.0 Å². The number of rotatable bonds is 1. The highest BCUT2D eigenvalue weighted by atomic mass is 79.9. The second kappa shape index (κ2) is 6.17. The highest BCUT2D eigenvalue weighted by Gasteiger charge is 2.28. The van der Waals surface area contributed by atoms with Gasteiger partial charge in [0.2, 0.25) is 0 Å². The summed E-state index contributed by atoms with van der Waals surface area (Å²) in [6, 6.07) is 5.32. The van der Waals surface area contributed by atoms with E-state index in [9.17, 15) is 4.79 Å². The van der Waals surface area contributed by atoms with Gasteiger partial charge in [0, 0.05) is 33.0 Å². The van der Waals surface area contributed by atoms with Crippen LogP contribution in [-0.4, -0.2) is 29.6 Å². The highest BCUT2D eigenvalue weighted by molar-refractivity contribution is 9.10. The number of likely N-dealkylation sites (tertiary alicyclic amines) is 1. The van der Waals surface area contributed by atoms with E-state index in [0.29, 0.717) is 4.47 Å². The lowest BCUT2D eigenvalue weighted by molar-refractivity contribution is 0.0198. The van der Waals surface area contributed by atoms with E-state index in [1.165, 1.54) is 45.0 Å². The molecule has 1 amide bonds. The Hall–Kier alpha value is -1.03. The van der Waals surface area contributed by atoms with Crippen LogP contribution in [0.1, 0.15) is 57.3 Å². The van der Waals surface area contributed by atoms with E-state index in [4.69, 9.17) is 17.1 Å². The second-order valence-corrected chi connectivity index (χ2v) is 6.09. The van der Waals surface area contributed by atoms with Crippen LogP contribution in [0.2, 0.25) is 0 Å². The molecule has 1 fully saturated rings. The fourth-order valence-corrected chi connectivity index (χ4v) is 1.73. The van der Waals surface area contributed by atoms with Crippen molar-refractivity contribution in [3.8, 4) is 0 Å². The van der Waals surface area contributed by atoms with Gasteiger partial charge in [0.05, 0.1) is 2.74 Å². The van der Waals surface area contributed by atoms with Crippen LogP contribution >= 0.6 is 15.9 Å². The largest absolute Gasteiger partial charge is 0.444 e. The summed E-state index contributed by atoms with van der Waals surface area (Å²) in [4.78, 5) is 12.6. The van der Waals surface area contributed by atoms with Crippen molar-refractivity contribution in [3.63, 3.8) is 0 Å². The van der Waals surface area contributed by atoms with E-state index in [1.807, 2.05) is 0 Å². The molecule has 110 valence electrons. The molecule has 3 nitrogen and oxygen atoms in total. The van der Waals surface area contributed by atoms with Crippen LogP contribution in [0.3, 0.4) is 0 Å². The first-order valence-corrected chi connectivity index (χ1v) is 6.84. The zero-order valence-electron chi connectivity index (χ0n) is 20.5. The van der Waals surface area contributed by atoms with Crippen molar-refractivity contribution in [2.75, 3.05) is 13.0 Å². The molecule has 1 aromatic rings. The number of ether oxygens (including phenoxy) is 1. The van der Waals surface area contributed by atoms with Gasteiger partial charge in [-0.3, -0.25) is 0 Å². The third kappa shape index (κ3) is 4.23. The number of amides is 1. The van der Waals surface area contributed by atoms with Gasteiger partial charge in [-0.15, -0.1) is 0 Å². The first kappa shape index (κ1) is 7.30. The first-order chi connectivity index (χ1) is 12.7. The van der Waals surface area contributed by atoms with Crippen molar-refractivity contribution in [2.24, 2.45) is 0 Å². The van der Waals surface area contributed by atoms with Crippen molar-refractivity contribution < 1.29 is 21.9 Å². The van der Waals surface area contributed by atoms with Crippen LogP contribution in [0, 0.1) is 0 Å². The van der Waals surface area contributed by atoms with Gasteiger partial charge < -0.3 is 9.64 Å². The summed E-state index contributed by atoms with van der Waals surface area (Å²) in [5.41, 5.74) is -1.42. The molecule has 1 heterocycles. The second-order valence-electron chi connectivity index (χ2n) is 5.17. The van der Waals surface area contributed by atoms with Crippen LogP contribution in [0.15, 0.2) is 28.7 Å². The van der Waals surface area contributed by atoms with Gasteiger partial charge in [0.15, 0.2) is 0 Å². The van der Waals surface area contributed by atoms with Crippen LogP contribution < -0.4 is 0 Å². The van der Waals surface area contributed by atoms with Gasteiger partial charge in [0.1, 0.15) is 5.60 Å². The molecule has 20 heavy (non-hydrogen) atoms. The van der Waals surface area contributed by atoms with E-state index in [2.05, 4.69) is 15.9 Å². The Bertz CT molecular complexity index is 808. The molecule has 1 atom stereocenters. The fraction of sp³-hybridized carbons (Fsp3) is 0.562. The molecule has 4 heteroatoms. The maximum atomic E-state index is 12.8. The molecule has 1 aliphatic heterocycles. The summed E-state index contributed by atoms with van der Waals surface area (Å²) >= 11 is 3.19. The summed E-state index contributed by atoms with van der Waals surface area (Å²) in [6.07, 6.45) is -8.36. The fourth-order valence-electron chi connectivity index (χ4n) is 1.47. The first-order valence-electron chi connectivity index (χ1n) is 10.5. The van der Waals surface area contributed by atoms with Crippen molar-refractivity contribution in [3.05, 3.63) is 34.3 Å². The Labute approximate surface area is 142 Å². The number of halogens is 1. The molecular formula is C16H22BrNO2. The Balaban J connectivity index is 2.84. The molecule has 1 aromatic carbocycles. The van der Waals surface area contributed by atoms with Crippen molar-refractivity contribution in [1.82, 2.24) is 4.90 Å². The lowest BCUT2D eigenvalue weighted by Gasteiger charge is -2.34. The molecule has 1 saturated heterocycles. The molecule has 0 radical (unpaired) electrons. The van der Waals surface area contributed by atoms with Gasteiger partial charge in [-0.25, -0.2) is 4.79 Å². The third-order valence-corrected chi connectivity index (χ3v) is 2.82. The van der Waals surface area contributed by atoms with Gasteiger partial charge in [-0.05, 0) is 51.2 Å². The van der Waals surface area contributed by atoms with Crippen LogP contribution in [0.5, 0.6) is 0 Å². The molecule has 0 N–H and O–H groups in total. The van der Waals surface area contributed by atoms with Crippen molar-refractivity contribution >= 4 is 22.0 Å². The standard InChI is InChI=1S/C16H22BrNO2/c1-16(2,3)20-15(19)18-10-4-5-13(11-18)12-6-8-14(17)9-7-12/h6-9,13H,4-5,10-11H2,1-3H3/i4D2,5D2,10D2,11D2,13D. The lowest BCUT2D eigenvalue weighted by Crippen LogP contribution is -2.42. The van der Waals surface area contributed by atoms with Crippen LogP contribution in [0.25, 0.3) is 0 Å². The van der Waals surface area contributed by atoms with Crippen LogP contribution in [-0.2, 0) is 4.74 Å². The third-order valence-electron chi connectivity index (χ3n) is 2.29. The number of carbonyl (C=O) groups is 1. The Morgan fingerprint density at radius 3 is 2.70 bits per heavy atom. The van der Waals surface area contributed by atoms with E-state index in [-0.39, 0.29) is 10.5 Å².